The highest BCUT2D eigenvalue weighted by Gasteiger charge is 2.21. The van der Waals surface area contributed by atoms with Gasteiger partial charge in [-0.05, 0) is 43.2 Å². The van der Waals surface area contributed by atoms with E-state index in [1.807, 2.05) is 6.92 Å². The lowest BCUT2D eigenvalue weighted by Gasteiger charge is -2.22. The van der Waals surface area contributed by atoms with E-state index in [1.165, 1.54) is 39.3 Å². The number of aromatic amines is 1. The van der Waals surface area contributed by atoms with Crippen LogP contribution >= 0.6 is 0 Å². The number of hydrogen-bond donors (Lipinski definition) is 2. The number of anilines is 1. The first kappa shape index (κ1) is 31.7. The second kappa shape index (κ2) is 13.9. The van der Waals surface area contributed by atoms with Crippen molar-refractivity contribution in [3.05, 3.63) is 104 Å². The molecule has 0 saturated carbocycles. The van der Waals surface area contributed by atoms with E-state index in [0.717, 1.165) is 16.8 Å². The summed E-state index contributed by atoms with van der Waals surface area (Å²) in [5.74, 6) is -0.875. The van der Waals surface area contributed by atoms with Gasteiger partial charge in [0.25, 0.3) is 11.5 Å². The number of hydrogen-bond acceptors (Lipinski definition) is 8. The maximum Gasteiger partial charge on any atom is 0.332 e. The van der Waals surface area contributed by atoms with E-state index in [2.05, 4.69) is 25.3 Å². The molecule has 238 valence electrons. The van der Waals surface area contributed by atoms with E-state index in [9.17, 15) is 28.4 Å². The average Bonchev–Trinajstić information content (AvgIpc) is 3.49. The summed E-state index contributed by atoms with van der Waals surface area (Å²) in [4.78, 5) is 80.5. The molecule has 0 saturated heterocycles. The van der Waals surface area contributed by atoms with E-state index in [4.69, 9.17) is 0 Å². The Morgan fingerprint density at radius 2 is 1.80 bits per heavy atom. The molecule has 0 aliphatic rings. The Kier molecular flexibility index (Phi) is 9.59. The van der Waals surface area contributed by atoms with Crippen molar-refractivity contribution in [3.63, 3.8) is 0 Å². The average molecular weight is 630 g/mol. The molecular weight excluding hydrogens is 597 g/mol. The van der Waals surface area contributed by atoms with Crippen LogP contribution in [0.5, 0.6) is 0 Å². The lowest BCUT2D eigenvalue weighted by atomic mass is 10.2. The van der Waals surface area contributed by atoms with Gasteiger partial charge in [0, 0.05) is 69.9 Å². The molecule has 0 aliphatic carbocycles. The Labute approximate surface area is 261 Å². The van der Waals surface area contributed by atoms with Crippen molar-refractivity contribution < 1.29 is 14.0 Å². The molecule has 0 radical (unpaired) electrons. The second-order valence-electron chi connectivity index (χ2n) is 10.5. The minimum atomic E-state index is -0.721. The van der Waals surface area contributed by atoms with Gasteiger partial charge in [-0.25, -0.2) is 19.7 Å². The van der Waals surface area contributed by atoms with Crippen LogP contribution in [0.15, 0.2) is 75.4 Å². The van der Waals surface area contributed by atoms with Gasteiger partial charge in [0.1, 0.15) is 17.2 Å². The van der Waals surface area contributed by atoms with E-state index < -0.39 is 23.1 Å². The molecule has 0 aromatic carbocycles. The summed E-state index contributed by atoms with van der Waals surface area (Å²) >= 11 is 0. The molecule has 5 aromatic heterocycles. The molecule has 15 heteroatoms. The van der Waals surface area contributed by atoms with Gasteiger partial charge in [0.05, 0.1) is 5.56 Å². The van der Waals surface area contributed by atoms with Crippen LogP contribution in [-0.2, 0) is 24.4 Å². The third kappa shape index (κ3) is 6.82. The number of imidazole rings is 1. The fourth-order valence-corrected chi connectivity index (χ4v) is 4.98. The van der Waals surface area contributed by atoms with Gasteiger partial charge in [0.15, 0.2) is 5.65 Å². The molecule has 46 heavy (non-hydrogen) atoms. The highest BCUT2D eigenvalue weighted by atomic mass is 19.1. The zero-order chi connectivity index (χ0) is 32.8. The Hall–Kier alpha value is -5.73. The van der Waals surface area contributed by atoms with Crippen LogP contribution in [-0.4, -0.2) is 58.5 Å². The van der Waals surface area contributed by atoms with Gasteiger partial charge < -0.3 is 14.9 Å². The van der Waals surface area contributed by atoms with Crippen molar-refractivity contribution in [3.8, 4) is 11.4 Å². The van der Waals surface area contributed by atoms with Crippen molar-refractivity contribution in [2.24, 2.45) is 0 Å². The molecule has 0 unspecified atom stereocenters. The van der Waals surface area contributed by atoms with Gasteiger partial charge in [-0.1, -0.05) is 13.0 Å². The largest absolute Gasteiger partial charge is 0.355 e. The SMILES string of the molecule is CCCn1c(=O)c2[nH]c(-c3ccc(N(CCCn4ccccc4=O)C(=O)c4ccc(F)nc4)nc3)nc2n(CCNC(C)=O)c1=O. The Balaban J connectivity index is 1.47. The molecule has 14 nitrogen and oxygen atoms in total. The highest BCUT2D eigenvalue weighted by molar-refractivity contribution is 6.05. The lowest BCUT2D eigenvalue weighted by Crippen LogP contribution is -2.41. The fraction of sp³-hybridized carbons (Fsp3) is 0.290. The van der Waals surface area contributed by atoms with E-state index in [-0.39, 0.29) is 66.0 Å². The number of nitrogens with one attached hydrogen (secondary N) is 2. The second-order valence-corrected chi connectivity index (χ2v) is 10.5. The van der Waals surface area contributed by atoms with Crippen LogP contribution < -0.4 is 27.0 Å². The Bertz CT molecular complexity index is 2050. The molecule has 0 atom stereocenters. The number of nitrogens with zero attached hydrogens (tertiary/aromatic N) is 7. The maximum atomic E-state index is 13.5. The quantitative estimate of drug-likeness (QED) is 0.197. The third-order valence-corrected chi connectivity index (χ3v) is 7.21. The number of aryl methyl sites for hydroxylation is 1. The lowest BCUT2D eigenvalue weighted by molar-refractivity contribution is -0.118. The van der Waals surface area contributed by atoms with Crippen LogP contribution in [0.25, 0.3) is 22.6 Å². The van der Waals surface area contributed by atoms with Gasteiger partial charge in [-0.3, -0.25) is 33.2 Å². The Morgan fingerprint density at radius 3 is 2.48 bits per heavy atom. The fourth-order valence-electron chi connectivity index (χ4n) is 4.98. The molecule has 5 heterocycles. The van der Waals surface area contributed by atoms with Crippen LogP contribution in [0.3, 0.4) is 0 Å². The smallest absolute Gasteiger partial charge is 0.332 e. The number of aromatic nitrogens is 7. The number of pyridine rings is 3. The minimum Gasteiger partial charge on any atom is -0.355 e. The van der Waals surface area contributed by atoms with E-state index in [0.29, 0.717) is 24.9 Å². The van der Waals surface area contributed by atoms with Crippen LogP contribution in [0.4, 0.5) is 10.2 Å². The van der Waals surface area contributed by atoms with Crippen molar-refractivity contribution >= 4 is 28.8 Å². The van der Waals surface area contributed by atoms with Crippen LogP contribution in [0.2, 0.25) is 0 Å². The number of carbonyl (C=O) groups excluding carboxylic acids is 2. The van der Waals surface area contributed by atoms with Crippen molar-refractivity contribution in [2.45, 2.75) is 46.3 Å². The molecule has 0 spiro atoms. The molecule has 2 amide bonds. The molecule has 0 aliphatic heterocycles. The number of halogens is 1. The predicted octanol–water partition coefficient (Wildman–Crippen LogP) is 1.93. The van der Waals surface area contributed by atoms with E-state index in [1.54, 1.807) is 30.5 Å². The summed E-state index contributed by atoms with van der Waals surface area (Å²) in [6.07, 6.45) is 5.25. The first-order valence-electron chi connectivity index (χ1n) is 14.7. The van der Waals surface area contributed by atoms with Crippen LogP contribution in [0.1, 0.15) is 37.0 Å². The highest BCUT2D eigenvalue weighted by Crippen LogP contribution is 2.22. The molecule has 0 bridgehead atoms. The van der Waals surface area contributed by atoms with E-state index >= 15 is 0 Å². The Morgan fingerprint density at radius 1 is 0.978 bits per heavy atom. The summed E-state index contributed by atoms with van der Waals surface area (Å²) in [7, 11) is 0. The van der Waals surface area contributed by atoms with Crippen molar-refractivity contribution in [2.75, 3.05) is 18.0 Å². The molecule has 0 fully saturated rings. The van der Waals surface area contributed by atoms with Gasteiger partial charge in [-0.15, -0.1) is 0 Å². The predicted molar refractivity (Wildman–Crippen MR) is 168 cm³/mol. The monoisotopic (exact) mass is 629 g/mol. The first-order valence-corrected chi connectivity index (χ1v) is 14.7. The normalized spacial score (nSPS) is 11.1. The number of carbonyl (C=O) groups is 2. The molecule has 5 aromatic rings. The summed E-state index contributed by atoms with van der Waals surface area (Å²) in [5, 5.41) is 2.65. The van der Waals surface area contributed by atoms with Gasteiger partial charge in [-0.2, -0.15) is 4.39 Å². The molecule has 5 rings (SSSR count). The third-order valence-electron chi connectivity index (χ3n) is 7.21. The van der Waals surface area contributed by atoms with Crippen molar-refractivity contribution in [1.82, 2.24) is 39.0 Å². The number of rotatable bonds is 12. The standard InChI is InChI=1S/C31H32FN9O5/c1-3-13-41-30(45)26-28(40(31(41)46)17-12-33-20(2)42)37-27(36-26)21-9-11-24(35-18-21)39(29(44)22-8-10-23(32)34-19-22)16-6-15-38-14-5-4-7-25(38)43/h4-5,7-11,14,18-19H,3,6,12-13,15-17H2,1-2H3,(H,33,42)(H,36,37). The van der Waals surface area contributed by atoms with Crippen LogP contribution in [0, 0.1) is 5.95 Å². The topological polar surface area (TPSA) is 170 Å². The zero-order valence-electron chi connectivity index (χ0n) is 25.3. The van der Waals surface area contributed by atoms with Gasteiger partial charge >= 0.3 is 5.69 Å². The summed E-state index contributed by atoms with van der Waals surface area (Å²) in [5.41, 5.74) is -0.300. The summed E-state index contributed by atoms with van der Waals surface area (Å²) in [6.45, 7) is 4.24. The minimum absolute atomic E-state index is 0.102. The molecular formula is C31H32FN9O5. The maximum absolute atomic E-state index is 13.5. The molecule has 2 N–H and O–H groups in total. The van der Waals surface area contributed by atoms with Gasteiger partial charge in [0.2, 0.25) is 17.4 Å². The number of amides is 2. The summed E-state index contributed by atoms with van der Waals surface area (Å²) in [6, 6.07) is 10.5. The number of fused-ring (bicyclic) bond motifs is 1. The first-order chi connectivity index (χ1) is 22.2. The number of H-pyrrole nitrogens is 1. The summed E-state index contributed by atoms with van der Waals surface area (Å²) < 4.78 is 17.5. The van der Waals surface area contributed by atoms with Crippen molar-refractivity contribution in [1.29, 1.82) is 0 Å². The zero-order valence-corrected chi connectivity index (χ0v) is 25.3.